The third-order valence-electron chi connectivity index (χ3n) is 5.41. The summed E-state index contributed by atoms with van der Waals surface area (Å²) in [5, 5.41) is 5.95. The first-order chi connectivity index (χ1) is 15.0. The zero-order chi connectivity index (χ0) is 22.4. The van der Waals surface area contributed by atoms with Crippen molar-refractivity contribution < 1.29 is 19.0 Å². The Labute approximate surface area is 188 Å². The summed E-state index contributed by atoms with van der Waals surface area (Å²) >= 11 is 5.32. The molecular weight excluding hydrogens is 414 g/mol. The monoisotopic (exact) mass is 443 g/mol. The first-order valence-corrected chi connectivity index (χ1v) is 10.7. The Morgan fingerprint density at radius 2 is 1.68 bits per heavy atom. The molecule has 0 saturated carbocycles. The molecule has 1 aliphatic rings. The molecule has 166 valence electrons. The maximum absolute atomic E-state index is 12.7. The summed E-state index contributed by atoms with van der Waals surface area (Å²) in [5.74, 6) is 0.836. The molecule has 3 rings (SSSR count). The van der Waals surface area contributed by atoms with Crippen molar-refractivity contribution in [1.82, 2.24) is 5.32 Å². The van der Waals surface area contributed by atoms with Crippen molar-refractivity contribution in [2.75, 3.05) is 38.1 Å². The van der Waals surface area contributed by atoms with Crippen molar-refractivity contribution in [2.24, 2.45) is 0 Å². The van der Waals surface area contributed by atoms with E-state index in [9.17, 15) is 4.79 Å². The normalized spacial score (nSPS) is 15.7. The predicted molar refractivity (Wildman–Crippen MR) is 127 cm³/mol. The number of carbonyl (C=O) groups is 1. The topological polar surface area (TPSA) is 72.1 Å². The van der Waals surface area contributed by atoms with Crippen LogP contribution in [-0.4, -0.2) is 44.9 Å². The van der Waals surface area contributed by atoms with Crippen LogP contribution in [0.5, 0.6) is 17.2 Å². The second-order valence-corrected chi connectivity index (χ2v) is 7.82. The molecule has 1 fully saturated rings. The fourth-order valence-electron chi connectivity index (χ4n) is 3.77. The van der Waals surface area contributed by atoms with E-state index in [1.807, 2.05) is 12.1 Å². The molecule has 0 aromatic heterocycles. The molecule has 0 aliphatic carbocycles. The van der Waals surface area contributed by atoms with E-state index >= 15 is 0 Å². The van der Waals surface area contributed by atoms with Gasteiger partial charge in [-0.25, -0.2) is 0 Å². The van der Waals surface area contributed by atoms with Crippen molar-refractivity contribution in [3.8, 4) is 17.2 Å². The Bertz CT molecular complexity index is 908. The second kappa shape index (κ2) is 10.3. The van der Waals surface area contributed by atoms with E-state index in [-0.39, 0.29) is 11.0 Å². The van der Waals surface area contributed by atoms with Crippen LogP contribution in [-0.2, 0) is 0 Å². The van der Waals surface area contributed by atoms with Crippen LogP contribution >= 0.6 is 12.2 Å². The summed E-state index contributed by atoms with van der Waals surface area (Å²) < 4.78 is 15.9. The summed E-state index contributed by atoms with van der Waals surface area (Å²) in [6, 6.07) is 11.8. The fraction of sp³-hybridized carbons (Fsp3) is 0.391. The minimum atomic E-state index is -0.379. The number of benzene rings is 2. The van der Waals surface area contributed by atoms with E-state index in [0.29, 0.717) is 28.9 Å². The third-order valence-corrected chi connectivity index (χ3v) is 5.62. The summed E-state index contributed by atoms with van der Waals surface area (Å²) in [4.78, 5) is 15.1. The number of nitrogens with zero attached hydrogens (tertiary/aromatic N) is 1. The van der Waals surface area contributed by atoms with Crippen LogP contribution in [0.1, 0.15) is 36.5 Å². The summed E-state index contributed by atoms with van der Waals surface area (Å²) in [6.45, 7) is 3.34. The van der Waals surface area contributed by atoms with Gasteiger partial charge in [0.25, 0.3) is 5.91 Å². The number of piperidine rings is 1. The molecule has 2 aromatic carbocycles. The molecule has 0 unspecified atom stereocenters. The van der Waals surface area contributed by atoms with E-state index in [1.54, 1.807) is 12.1 Å². The average Bonchev–Trinajstić information content (AvgIpc) is 2.78. The van der Waals surface area contributed by atoms with Gasteiger partial charge in [0.05, 0.1) is 21.3 Å². The van der Waals surface area contributed by atoms with Crippen molar-refractivity contribution in [1.29, 1.82) is 0 Å². The molecule has 1 heterocycles. The number of hydrogen-bond acceptors (Lipinski definition) is 6. The number of carbonyl (C=O) groups excluding carboxylic acids is 1. The highest BCUT2D eigenvalue weighted by Crippen LogP contribution is 2.38. The lowest BCUT2D eigenvalue weighted by Gasteiger charge is -2.35. The van der Waals surface area contributed by atoms with Gasteiger partial charge in [-0.1, -0.05) is 0 Å². The SMILES string of the molecule is COc1cc(C(=O)NC(=S)Nc2ccc(N3CCCC[C@@H]3C)cc2)cc(OC)c1OC. The molecule has 7 nitrogen and oxygen atoms in total. The van der Waals surface area contributed by atoms with Gasteiger partial charge in [-0.05, 0) is 74.8 Å². The van der Waals surface area contributed by atoms with Crippen LogP contribution in [0.25, 0.3) is 0 Å². The number of ether oxygens (including phenoxy) is 3. The molecule has 2 N–H and O–H groups in total. The van der Waals surface area contributed by atoms with Gasteiger partial charge in [0.1, 0.15) is 0 Å². The van der Waals surface area contributed by atoms with Gasteiger partial charge in [0, 0.05) is 29.5 Å². The van der Waals surface area contributed by atoms with Gasteiger partial charge < -0.3 is 24.4 Å². The van der Waals surface area contributed by atoms with Crippen LogP contribution < -0.4 is 29.7 Å². The van der Waals surface area contributed by atoms with Crippen molar-refractivity contribution in [2.45, 2.75) is 32.2 Å². The lowest BCUT2D eigenvalue weighted by Crippen LogP contribution is -2.37. The molecule has 8 heteroatoms. The standard InChI is InChI=1S/C23H29N3O4S/c1-15-7-5-6-12-26(15)18-10-8-17(9-11-18)24-23(31)25-22(27)16-13-19(28-2)21(30-4)20(14-16)29-3/h8-11,13-15H,5-7,12H2,1-4H3,(H2,24,25,27,31)/t15-/m0/s1. The Hall–Kier alpha value is -3.00. The highest BCUT2D eigenvalue weighted by atomic mass is 32.1. The van der Waals surface area contributed by atoms with Gasteiger partial charge in [-0.15, -0.1) is 0 Å². The lowest BCUT2D eigenvalue weighted by molar-refractivity contribution is 0.0977. The Morgan fingerprint density at radius 1 is 1.03 bits per heavy atom. The van der Waals surface area contributed by atoms with Crippen molar-refractivity contribution in [3.63, 3.8) is 0 Å². The third kappa shape index (κ3) is 5.38. The highest BCUT2D eigenvalue weighted by Gasteiger charge is 2.19. The molecule has 1 aliphatic heterocycles. The summed E-state index contributed by atoms with van der Waals surface area (Å²) in [7, 11) is 4.51. The van der Waals surface area contributed by atoms with E-state index in [0.717, 1.165) is 12.2 Å². The smallest absolute Gasteiger partial charge is 0.257 e. The number of nitrogens with one attached hydrogen (secondary N) is 2. The number of methoxy groups -OCH3 is 3. The molecule has 31 heavy (non-hydrogen) atoms. The van der Waals surface area contributed by atoms with Gasteiger partial charge in [0.15, 0.2) is 16.6 Å². The predicted octanol–water partition coefficient (Wildman–Crippen LogP) is 4.22. The first-order valence-electron chi connectivity index (χ1n) is 10.3. The molecule has 1 atom stereocenters. The number of hydrogen-bond donors (Lipinski definition) is 2. The van der Waals surface area contributed by atoms with Gasteiger partial charge in [0.2, 0.25) is 5.75 Å². The van der Waals surface area contributed by atoms with E-state index in [2.05, 4.69) is 34.6 Å². The van der Waals surface area contributed by atoms with Crippen LogP contribution in [0.3, 0.4) is 0 Å². The molecular formula is C23H29N3O4S. The number of amides is 1. The minimum absolute atomic E-state index is 0.206. The molecule has 0 spiro atoms. The second-order valence-electron chi connectivity index (χ2n) is 7.41. The number of thiocarbonyl (C=S) groups is 1. The van der Waals surface area contributed by atoms with E-state index < -0.39 is 0 Å². The zero-order valence-corrected chi connectivity index (χ0v) is 19.2. The van der Waals surface area contributed by atoms with E-state index in [4.69, 9.17) is 26.4 Å². The van der Waals surface area contributed by atoms with Crippen LogP contribution in [0.2, 0.25) is 0 Å². The molecule has 0 radical (unpaired) electrons. The van der Waals surface area contributed by atoms with E-state index in [1.165, 1.54) is 46.3 Å². The lowest BCUT2D eigenvalue weighted by atomic mass is 10.0. The molecule has 2 aromatic rings. The Morgan fingerprint density at radius 3 is 2.23 bits per heavy atom. The summed E-state index contributed by atoms with van der Waals surface area (Å²) in [6.07, 6.45) is 3.73. The van der Waals surface area contributed by atoms with Gasteiger partial charge >= 0.3 is 0 Å². The molecule has 1 amide bonds. The number of rotatable bonds is 6. The van der Waals surface area contributed by atoms with Crippen molar-refractivity contribution in [3.05, 3.63) is 42.0 Å². The van der Waals surface area contributed by atoms with Gasteiger partial charge in [-0.2, -0.15) is 0 Å². The van der Waals surface area contributed by atoms with Gasteiger partial charge in [-0.3, -0.25) is 10.1 Å². The van der Waals surface area contributed by atoms with Crippen molar-refractivity contribution >= 4 is 34.6 Å². The quantitative estimate of drug-likeness (QED) is 0.648. The average molecular weight is 444 g/mol. The largest absolute Gasteiger partial charge is 0.493 e. The molecule has 0 bridgehead atoms. The zero-order valence-electron chi connectivity index (χ0n) is 18.4. The summed E-state index contributed by atoms with van der Waals surface area (Å²) in [5.41, 5.74) is 2.35. The first kappa shape index (κ1) is 22.7. The van der Waals surface area contributed by atoms with Crippen LogP contribution in [0, 0.1) is 0 Å². The highest BCUT2D eigenvalue weighted by molar-refractivity contribution is 7.80. The maximum atomic E-state index is 12.7. The Balaban J connectivity index is 1.65. The number of anilines is 2. The van der Waals surface area contributed by atoms with Crippen LogP contribution in [0.4, 0.5) is 11.4 Å². The molecule has 1 saturated heterocycles. The van der Waals surface area contributed by atoms with Crippen LogP contribution in [0.15, 0.2) is 36.4 Å². The minimum Gasteiger partial charge on any atom is -0.493 e. The fourth-order valence-corrected chi connectivity index (χ4v) is 3.98. The Kier molecular flexibility index (Phi) is 7.57. The maximum Gasteiger partial charge on any atom is 0.257 e.